The van der Waals surface area contributed by atoms with Crippen molar-refractivity contribution < 1.29 is 0 Å². The lowest BCUT2D eigenvalue weighted by atomic mass is 9.77. The molecule has 1 aliphatic heterocycles. The summed E-state index contributed by atoms with van der Waals surface area (Å²) in [7, 11) is 0. The molecular formula is C18H21N. The summed E-state index contributed by atoms with van der Waals surface area (Å²) in [5.41, 5.74) is 1.51. The van der Waals surface area contributed by atoms with Crippen LogP contribution in [-0.2, 0) is 6.42 Å². The third-order valence-corrected chi connectivity index (χ3v) is 5.14. The van der Waals surface area contributed by atoms with E-state index < -0.39 is 0 Å². The highest BCUT2D eigenvalue weighted by Crippen LogP contribution is 2.40. The van der Waals surface area contributed by atoms with Gasteiger partial charge in [-0.3, -0.25) is 0 Å². The zero-order valence-electron chi connectivity index (χ0n) is 11.4. The van der Waals surface area contributed by atoms with E-state index in [1.165, 1.54) is 55.2 Å². The van der Waals surface area contributed by atoms with E-state index >= 15 is 0 Å². The summed E-state index contributed by atoms with van der Waals surface area (Å²) >= 11 is 0. The summed E-state index contributed by atoms with van der Waals surface area (Å²) in [6.45, 7) is 3.95. The molecule has 0 amide bonds. The van der Waals surface area contributed by atoms with E-state index in [4.69, 9.17) is 0 Å². The van der Waals surface area contributed by atoms with Crippen molar-refractivity contribution in [1.29, 1.82) is 0 Å². The van der Waals surface area contributed by atoms with Crippen LogP contribution in [0.5, 0.6) is 0 Å². The maximum absolute atomic E-state index is 2.68. The SMILES string of the molecule is c1ccc2c(CCN3CC4CCC4C3)cccc2c1. The highest BCUT2D eigenvalue weighted by Gasteiger charge is 2.38. The van der Waals surface area contributed by atoms with Gasteiger partial charge in [0.15, 0.2) is 0 Å². The lowest BCUT2D eigenvalue weighted by Crippen LogP contribution is -2.23. The van der Waals surface area contributed by atoms with Gasteiger partial charge in [-0.15, -0.1) is 0 Å². The van der Waals surface area contributed by atoms with Crippen molar-refractivity contribution in [1.82, 2.24) is 4.90 Å². The van der Waals surface area contributed by atoms with Crippen LogP contribution in [0.4, 0.5) is 0 Å². The molecule has 1 saturated heterocycles. The van der Waals surface area contributed by atoms with E-state index in [1.807, 2.05) is 0 Å². The number of rotatable bonds is 3. The monoisotopic (exact) mass is 251 g/mol. The highest BCUT2D eigenvalue weighted by atomic mass is 15.2. The van der Waals surface area contributed by atoms with Crippen LogP contribution in [0.1, 0.15) is 18.4 Å². The van der Waals surface area contributed by atoms with Crippen LogP contribution in [0.15, 0.2) is 42.5 Å². The molecule has 2 aromatic carbocycles. The van der Waals surface area contributed by atoms with Gasteiger partial charge in [-0.1, -0.05) is 42.5 Å². The largest absolute Gasteiger partial charge is 0.302 e. The van der Waals surface area contributed by atoms with E-state index in [0.29, 0.717) is 0 Å². The molecule has 1 heterocycles. The maximum Gasteiger partial charge on any atom is 0.00223 e. The fraction of sp³-hybridized carbons (Fsp3) is 0.444. The van der Waals surface area contributed by atoms with Crippen LogP contribution in [0.3, 0.4) is 0 Å². The molecule has 2 aliphatic rings. The first-order valence-corrected chi connectivity index (χ1v) is 7.59. The number of hydrogen-bond donors (Lipinski definition) is 0. The van der Waals surface area contributed by atoms with Gasteiger partial charge in [-0.25, -0.2) is 0 Å². The fourth-order valence-electron chi connectivity index (χ4n) is 3.83. The fourth-order valence-corrected chi connectivity index (χ4v) is 3.83. The van der Waals surface area contributed by atoms with E-state index in [0.717, 1.165) is 11.8 Å². The van der Waals surface area contributed by atoms with Crippen LogP contribution in [0.25, 0.3) is 10.8 Å². The topological polar surface area (TPSA) is 3.24 Å². The van der Waals surface area contributed by atoms with Crippen LogP contribution in [-0.4, -0.2) is 24.5 Å². The van der Waals surface area contributed by atoms with Gasteiger partial charge in [-0.05, 0) is 47.4 Å². The Bertz CT molecular complexity index is 572. The summed E-state index contributed by atoms with van der Waals surface area (Å²) in [6, 6.07) is 15.5. The number of nitrogens with zero attached hydrogens (tertiary/aromatic N) is 1. The molecule has 0 spiro atoms. The Labute approximate surface area is 115 Å². The summed E-state index contributed by atoms with van der Waals surface area (Å²) < 4.78 is 0. The summed E-state index contributed by atoms with van der Waals surface area (Å²) in [4.78, 5) is 2.68. The van der Waals surface area contributed by atoms with Crippen LogP contribution >= 0.6 is 0 Å². The van der Waals surface area contributed by atoms with Gasteiger partial charge in [0.1, 0.15) is 0 Å². The van der Waals surface area contributed by atoms with Gasteiger partial charge in [0.25, 0.3) is 0 Å². The quantitative estimate of drug-likeness (QED) is 0.803. The Morgan fingerprint density at radius 1 is 0.895 bits per heavy atom. The van der Waals surface area contributed by atoms with Crippen LogP contribution < -0.4 is 0 Å². The third-order valence-electron chi connectivity index (χ3n) is 5.14. The predicted octanol–water partition coefficient (Wildman–Crippen LogP) is 3.72. The van der Waals surface area contributed by atoms with Crippen molar-refractivity contribution >= 4 is 10.8 Å². The minimum absolute atomic E-state index is 1.03. The van der Waals surface area contributed by atoms with Gasteiger partial charge in [0.05, 0.1) is 0 Å². The molecule has 1 nitrogen and oxygen atoms in total. The standard InChI is InChI=1S/C18H21N/c1-2-7-18-14(4-1)5-3-6-15(18)10-11-19-12-16-8-9-17(16)13-19/h1-7,16-17H,8-13H2. The molecule has 0 bridgehead atoms. The Morgan fingerprint density at radius 2 is 1.63 bits per heavy atom. The zero-order valence-corrected chi connectivity index (χ0v) is 11.4. The molecule has 2 fully saturated rings. The van der Waals surface area contributed by atoms with Gasteiger partial charge < -0.3 is 4.90 Å². The zero-order chi connectivity index (χ0) is 12.7. The first kappa shape index (κ1) is 11.5. The second-order valence-corrected chi connectivity index (χ2v) is 6.25. The second kappa shape index (κ2) is 4.64. The van der Waals surface area contributed by atoms with Crippen LogP contribution in [0, 0.1) is 11.8 Å². The molecule has 1 aliphatic carbocycles. The Hall–Kier alpha value is -1.34. The van der Waals surface area contributed by atoms with Gasteiger partial charge >= 0.3 is 0 Å². The molecule has 0 radical (unpaired) electrons. The van der Waals surface area contributed by atoms with E-state index in [9.17, 15) is 0 Å². The molecule has 19 heavy (non-hydrogen) atoms. The molecule has 1 saturated carbocycles. The average Bonchev–Trinajstić information content (AvgIpc) is 2.72. The molecule has 0 aromatic heterocycles. The van der Waals surface area contributed by atoms with Crippen molar-refractivity contribution in [2.45, 2.75) is 19.3 Å². The Morgan fingerprint density at radius 3 is 2.42 bits per heavy atom. The van der Waals surface area contributed by atoms with E-state index in [1.54, 1.807) is 0 Å². The van der Waals surface area contributed by atoms with Gasteiger partial charge in [0.2, 0.25) is 0 Å². The van der Waals surface area contributed by atoms with Crippen molar-refractivity contribution in [3.8, 4) is 0 Å². The van der Waals surface area contributed by atoms with E-state index in [2.05, 4.69) is 47.4 Å². The molecule has 2 atom stereocenters. The minimum atomic E-state index is 1.03. The summed E-state index contributed by atoms with van der Waals surface area (Å²) in [6.07, 6.45) is 4.16. The Balaban J connectivity index is 1.49. The molecule has 2 unspecified atom stereocenters. The number of hydrogen-bond acceptors (Lipinski definition) is 1. The second-order valence-electron chi connectivity index (χ2n) is 6.25. The molecule has 0 N–H and O–H groups in total. The third kappa shape index (κ3) is 2.06. The van der Waals surface area contributed by atoms with Crippen molar-refractivity contribution in [3.05, 3.63) is 48.0 Å². The molecular weight excluding hydrogens is 230 g/mol. The molecule has 2 aromatic rings. The lowest BCUT2D eigenvalue weighted by molar-refractivity contribution is 0.243. The summed E-state index contributed by atoms with van der Waals surface area (Å²) in [5, 5.41) is 2.81. The smallest absolute Gasteiger partial charge is 0.00223 e. The molecule has 1 heteroatoms. The van der Waals surface area contributed by atoms with E-state index in [-0.39, 0.29) is 0 Å². The van der Waals surface area contributed by atoms with Gasteiger partial charge in [-0.2, -0.15) is 0 Å². The molecule has 4 rings (SSSR count). The lowest BCUT2D eigenvalue weighted by Gasteiger charge is -2.28. The first-order valence-electron chi connectivity index (χ1n) is 7.59. The average molecular weight is 251 g/mol. The van der Waals surface area contributed by atoms with Crippen LogP contribution in [0.2, 0.25) is 0 Å². The summed E-state index contributed by atoms with van der Waals surface area (Å²) in [5.74, 6) is 2.07. The number of fused-ring (bicyclic) bond motifs is 2. The number of likely N-dealkylation sites (tertiary alicyclic amines) is 1. The maximum atomic E-state index is 2.68. The minimum Gasteiger partial charge on any atom is -0.302 e. The van der Waals surface area contributed by atoms with Crippen molar-refractivity contribution in [2.24, 2.45) is 11.8 Å². The predicted molar refractivity (Wildman–Crippen MR) is 80.3 cm³/mol. The Kier molecular flexibility index (Phi) is 2.81. The molecule has 98 valence electrons. The van der Waals surface area contributed by atoms with Crippen molar-refractivity contribution in [2.75, 3.05) is 19.6 Å². The van der Waals surface area contributed by atoms with Gasteiger partial charge in [0, 0.05) is 19.6 Å². The van der Waals surface area contributed by atoms with Crippen molar-refractivity contribution in [3.63, 3.8) is 0 Å². The number of benzene rings is 2. The normalized spacial score (nSPS) is 26.3. The first-order chi connectivity index (χ1) is 9.40. The highest BCUT2D eigenvalue weighted by molar-refractivity contribution is 5.85.